The summed E-state index contributed by atoms with van der Waals surface area (Å²) in [6.07, 6.45) is 7.97. The van der Waals surface area contributed by atoms with Crippen molar-refractivity contribution in [1.82, 2.24) is 10.6 Å². The molecule has 0 saturated heterocycles. The lowest BCUT2D eigenvalue weighted by Gasteiger charge is -2.29. The van der Waals surface area contributed by atoms with E-state index >= 15 is 0 Å². The van der Waals surface area contributed by atoms with Crippen LogP contribution >= 0.6 is 0 Å². The zero-order valence-corrected chi connectivity index (χ0v) is 9.81. The molecule has 1 saturated carbocycles. The molecule has 14 heavy (non-hydrogen) atoms. The van der Waals surface area contributed by atoms with Gasteiger partial charge in [-0.3, -0.25) is 0 Å². The Morgan fingerprint density at radius 3 is 1.43 bits per heavy atom. The van der Waals surface area contributed by atoms with Crippen LogP contribution < -0.4 is 10.6 Å². The van der Waals surface area contributed by atoms with Crippen molar-refractivity contribution in [3.8, 4) is 0 Å². The second-order valence-electron chi connectivity index (χ2n) is 4.46. The maximum atomic E-state index is 3.62. The van der Waals surface area contributed by atoms with Crippen LogP contribution in [0.25, 0.3) is 0 Å². The molecule has 0 bridgehead atoms. The fourth-order valence-electron chi connectivity index (χ4n) is 2.20. The Bertz CT molecular complexity index is 112. The Kier molecular flexibility index (Phi) is 6.20. The third kappa shape index (κ3) is 4.43. The average Bonchev–Trinajstić information content (AvgIpc) is 2.25. The topological polar surface area (TPSA) is 24.1 Å². The molecule has 1 aliphatic rings. The third-order valence-electron chi connectivity index (χ3n) is 3.09. The Morgan fingerprint density at radius 2 is 1.14 bits per heavy atom. The molecule has 0 aromatic carbocycles. The maximum absolute atomic E-state index is 3.62. The van der Waals surface area contributed by atoms with Crippen LogP contribution in [0.4, 0.5) is 0 Å². The van der Waals surface area contributed by atoms with Gasteiger partial charge in [-0.25, -0.2) is 0 Å². The van der Waals surface area contributed by atoms with E-state index in [1.165, 1.54) is 51.6 Å². The molecule has 2 nitrogen and oxygen atoms in total. The second-order valence-corrected chi connectivity index (χ2v) is 4.46. The van der Waals surface area contributed by atoms with Crippen molar-refractivity contribution in [2.45, 2.75) is 64.5 Å². The molecule has 1 rings (SSSR count). The van der Waals surface area contributed by atoms with Gasteiger partial charge in [0.15, 0.2) is 0 Å². The normalized spacial score (nSPS) is 27.9. The Hall–Kier alpha value is -0.0800. The highest BCUT2D eigenvalue weighted by atomic mass is 14.9. The van der Waals surface area contributed by atoms with Gasteiger partial charge < -0.3 is 10.6 Å². The van der Waals surface area contributed by atoms with Crippen molar-refractivity contribution in [2.24, 2.45) is 0 Å². The molecule has 84 valence electrons. The van der Waals surface area contributed by atoms with Gasteiger partial charge in [0, 0.05) is 12.1 Å². The summed E-state index contributed by atoms with van der Waals surface area (Å²) in [5.74, 6) is 0. The first-order valence-electron chi connectivity index (χ1n) is 6.33. The van der Waals surface area contributed by atoms with Gasteiger partial charge >= 0.3 is 0 Å². The summed E-state index contributed by atoms with van der Waals surface area (Å²) in [6.45, 7) is 6.86. The minimum atomic E-state index is 0.801. The molecule has 0 heterocycles. The van der Waals surface area contributed by atoms with Crippen molar-refractivity contribution in [3.05, 3.63) is 0 Å². The predicted molar refractivity (Wildman–Crippen MR) is 62.6 cm³/mol. The monoisotopic (exact) mass is 198 g/mol. The summed E-state index contributed by atoms with van der Waals surface area (Å²) in [7, 11) is 0. The molecule has 1 aliphatic carbocycles. The fraction of sp³-hybridized carbons (Fsp3) is 1.00. The minimum absolute atomic E-state index is 0.801. The van der Waals surface area contributed by atoms with E-state index in [1.54, 1.807) is 0 Å². The van der Waals surface area contributed by atoms with Crippen molar-refractivity contribution in [3.63, 3.8) is 0 Å². The molecule has 0 aromatic heterocycles. The first-order chi connectivity index (χ1) is 6.86. The lowest BCUT2D eigenvalue weighted by molar-refractivity contribution is 0.308. The molecular formula is C12H26N2. The molecular weight excluding hydrogens is 172 g/mol. The molecule has 0 unspecified atom stereocenters. The number of nitrogens with one attached hydrogen (secondary N) is 2. The van der Waals surface area contributed by atoms with Gasteiger partial charge in [-0.15, -0.1) is 0 Å². The van der Waals surface area contributed by atoms with Crippen LogP contribution in [-0.2, 0) is 0 Å². The van der Waals surface area contributed by atoms with Gasteiger partial charge in [0.05, 0.1) is 0 Å². The largest absolute Gasteiger partial charge is 0.314 e. The van der Waals surface area contributed by atoms with Crippen molar-refractivity contribution in [1.29, 1.82) is 0 Å². The Labute approximate surface area is 88.8 Å². The van der Waals surface area contributed by atoms with E-state index in [0.717, 1.165) is 12.1 Å². The third-order valence-corrected chi connectivity index (χ3v) is 3.09. The van der Waals surface area contributed by atoms with Crippen LogP contribution in [0, 0.1) is 0 Å². The van der Waals surface area contributed by atoms with E-state index < -0.39 is 0 Å². The van der Waals surface area contributed by atoms with Crippen LogP contribution in [0.2, 0.25) is 0 Å². The zero-order valence-electron chi connectivity index (χ0n) is 9.81. The number of hydrogen-bond donors (Lipinski definition) is 2. The van der Waals surface area contributed by atoms with Gasteiger partial charge in [0.1, 0.15) is 0 Å². The van der Waals surface area contributed by atoms with E-state index in [1.807, 2.05) is 0 Å². The lowest BCUT2D eigenvalue weighted by Crippen LogP contribution is -2.40. The van der Waals surface area contributed by atoms with Crippen molar-refractivity contribution >= 4 is 0 Å². The second kappa shape index (κ2) is 7.24. The zero-order chi connectivity index (χ0) is 10.2. The SMILES string of the molecule is CCCNC1CCC(NCCC)CC1. The highest BCUT2D eigenvalue weighted by Gasteiger charge is 2.19. The fourth-order valence-corrected chi connectivity index (χ4v) is 2.20. The summed E-state index contributed by atoms with van der Waals surface area (Å²) in [5, 5.41) is 7.24. The van der Waals surface area contributed by atoms with Gasteiger partial charge in [-0.05, 0) is 51.6 Å². The number of hydrogen-bond acceptors (Lipinski definition) is 2. The van der Waals surface area contributed by atoms with Crippen LogP contribution in [0.5, 0.6) is 0 Å². The summed E-state index contributed by atoms with van der Waals surface area (Å²) in [6, 6.07) is 1.60. The van der Waals surface area contributed by atoms with Crippen molar-refractivity contribution < 1.29 is 0 Å². The Balaban J connectivity index is 2.05. The summed E-state index contributed by atoms with van der Waals surface area (Å²) < 4.78 is 0. The number of rotatable bonds is 6. The molecule has 1 fully saturated rings. The van der Waals surface area contributed by atoms with Crippen molar-refractivity contribution in [2.75, 3.05) is 13.1 Å². The molecule has 0 spiro atoms. The van der Waals surface area contributed by atoms with Crippen LogP contribution in [0.3, 0.4) is 0 Å². The van der Waals surface area contributed by atoms with E-state index in [-0.39, 0.29) is 0 Å². The molecule has 2 N–H and O–H groups in total. The van der Waals surface area contributed by atoms with E-state index in [4.69, 9.17) is 0 Å². The lowest BCUT2D eigenvalue weighted by atomic mass is 9.91. The minimum Gasteiger partial charge on any atom is -0.314 e. The standard InChI is InChI=1S/C12H26N2/c1-3-9-13-11-5-7-12(8-6-11)14-10-4-2/h11-14H,3-10H2,1-2H3. The molecule has 0 aliphatic heterocycles. The summed E-state index contributed by atoms with van der Waals surface area (Å²) in [5.41, 5.74) is 0. The van der Waals surface area contributed by atoms with Gasteiger partial charge in [0.2, 0.25) is 0 Å². The van der Waals surface area contributed by atoms with E-state index in [9.17, 15) is 0 Å². The van der Waals surface area contributed by atoms with Crippen LogP contribution in [0.15, 0.2) is 0 Å². The van der Waals surface area contributed by atoms with Gasteiger partial charge in [-0.2, -0.15) is 0 Å². The molecule has 0 atom stereocenters. The molecule has 0 amide bonds. The summed E-state index contributed by atoms with van der Waals surface area (Å²) in [4.78, 5) is 0. The van der Waals surface area contributed by atoms with Gasteiger partial charge in [-0.1, -0.05) is 13.8 Å². The van der Waals surface area contributed by atoms with E-state index in [0.29, 0.717) is 0 Å². The van der Waals surface area contributed by atoms with Crippen LogP contribution in [-0.4, -0.2) is 25.2 Å². The van der Waals surface area contributed by atoms with Gasteiger partial charge in [0.25, 0.3) is 0 Å². The highest BCUT2D eigenvalue weighted by Crippen LogP contribution is 2.18. The molecule has 0 aromatic rings. The smallest absolute Gasteiger partial charge is 0.00682 e. The van der Waals surface area contributed by atoms with E-state index in [2.05, 4.69) is 24.5 Å². The highest BCUT2D eigenvalue weighted by molar-refractivity contribution is 4.80. The first kappa shape index (κ1) is 12.0. The first-order valence-corrected chi connectivity index (χ1v) is 6.33. The molecule has 2 heteroatoms. The summed E-state index contributed by atoms with van der Waals surface area (Å²) >= 11 is 0. The predicted octanol–water partition coefficient (Wildman–Crippen LogP) is 2.30. The quantitative estimate of drug-likeness (QED) is 0.684. The Morgan fingerprint density at radius 1 is 0.786 bits per heavy atom. The van der Waals surface area contributed by atoms with Crippen LogP contribution in [0.1, 0.15) is 52.4 Å². The average molecular weight is 198 g/mol. The molecule has 0 radical (unpaired) electrons. The maximum Gasteiger partial charge on any atom is 0.00682 e.